The second-order valence-electron chi connectivity index (χ2n) is 0.346. The first-order valence-electron chi connectivity index (χ1n) is 0.775. The monoisotopic (exact) mass is 302 g/mol. The molecule has 0 saturated carbocycles. The Labute approximate surface area is 129 Å². The van der Waals surface area contributed by atoms with Gasteiger partial charge in [0, 0.05) is 40.8 Å². The molecule has 0 rings (SSSR count). The second kappa shape index (κ2) is 16.2. The van der Waals surface area contributed by atoms with E-state index in [1.165, 1.54) is 0 Å². The Hall–Kier alpha value is 3.37. The summed E-state index contributed by atoms with van der Waals surface area (Å²) in [6.07, 6.45) is 0. The van der Waals surface area contributed by atoms with Gasteiger partial charge in [-0.1, -0.05) is 0 Å². The molecule has 0 aliphatic carbocycles. The van der Waals surface area contributed by atoms with Crippen molar-refractivity contribution in [1.82, 2.24) is 0 Å². The predicted octanol–water partition coefficient (Wildman–Crippen LogP) is -5.09. The van der Waals surface area contributed by atoms with Gasteiger partial charge in [0.2, 0.25) is 0 Å². The van der Waals surface area contributed by atoms with E-state index >= 15 is 0 Å². The van der Waals surface area contributed by atoms with Crippen LogP contribution in [0, 0.1) is 40.8 Å². The van der Waals surface area contributed by atoms with Crippen LogP contribution in [0.3, 0.4) is 0 Å². The zero-order chi connectivity index (χ0) is 3.58. The fraction of sp³-hybridized carbons (Fsp3) is 0. The molecule has 0 aromatic carbocycles. The minimum Gasteiger partial charge on any atom is -1.00 e. The number of rotatable bonds is 0. The molecule has 0 spiro atoms. The molecular weight excluding hydrogens is 298 g/mol. The van der Waals surface area contributed by atoms with Crippen molar-refractivity contribution < 1.29 is 79.1 Å². The second-order valence-corrected chi connectivity index (χ2v) is 0.346. The van der Waals surface area contributed by atoms with Crippen LogP contribution in [-0.4, -0.2) is 67.9 Å². The SMILES string of the molecule is OB(O)O.[H-].[H-].[H-].[Li+].[Nd].[Sr+2]. The first-order chi connectivity index (χ1) is 1.73. The minimum absolute atomic E-state index is 0. The van der Waals surface area contributed by atoms with Crippen LogP contribution in [0.25, 0.3) is 0 Å². The van der Waals surface area contributed by atoms with E-state index in [0.29, 0.717) is 0 Å². The molecular formula is H6BLiNdO3Sr. The van der Waals surface area contributed by atoms with Gasteiger partial charge in [-0.3, -0.25) is 0 Å². The van der Waals surface area contributed by atoms with Crippen molar-refractivity contribution in [2.24, 2.45) is 0 Å². The van der Waals surface area contributed by atoms with Gasteiger partial charge in [-0.05, 0) is 0 Å². The van der Waals surface area contributed by atoms with Crippen molar-refractivity contribution in [3.63, 3.8) is 0 Å². The summed E-state index contributed by atoms with van der Waals surface area (Å²) in [7, 11) is -2.17. The molecule has 0 saturated heterocycles. The van der Waals surface area contributed by atoms with Crippen LogP contribution in [0.2, 0.25) is 0 Å². The molecule has 7 heteroatoms. The Balaban J connectivity index is -0.00000000300. The maximum Gasteiger partial charge on any atom is 2.00 e. The van der Waals surface area contributed by atoms with Gasteiger partial charge in [0.1, 0.15) is 0 Å². The average Bonchev–Trinajstić information content (AvgIpc) is 0.811. The summed E-state index contributed by atoms with van der Waals surface area (Å²) in [6, 6.07) is 0. The summed E-state index contributed by atoms with van der Waals surface area (Å²) in [5.41, 5.74) is 0. The van der Waals surface area contributed by atoms with Crippen molar-refractivity contribution in [2.75, 3.05) is 0 Å². The van der Waals surface area contributed by atoms with Crippen molar-refractivity contribution in [3.05, 3.63) is 0 Å². The van der Waals surface area contributed by atoms with E-state index < -0.39 is 7.32 Å². The fourth-order valence-electron chi connectivity index (χ4n) is 0. The van der Waals surface area contributed by atoms with E-state index in [2.05, 4.69) is 0 Å². The third-order valence-electron chi connectivity index (χ3n) is 0. The molecule has 0 amide bonds. The molecule has 0 aromatic heterocycles. The first-order valence-corrected chi connectivity index (χ1v) is 0.775. The molecule has 0 aromatic rings. The zero-order valence-corrected chi connectivity index (χ0v) is 10.8. The molecule has 0 bridgehead atoms. The van der Waals surface area contributed by atoms with Crippen LogP contribution >= 0.6 is 0 Å². The van der Waals surface area contributed by atoms with Gasteiger partial charge >= 0.3 is 71.7 Å². The summed E-state index contributed by atoms with van der Waals surface area (Å²) in [6.45, 7) is 0. The van der Waals surface area contributed by atoms with Crippen LogP contribution in [0.5, 0.6) is 0 Å². The van der Waals surface area contributed by atoms with Crippen molar-refractivity contribution >= 4 is 52.8 Å². The molecule has 0 heterocycles. The summed E-state index contributed by atoms with van der Waals surface area (Å²) in [5.74, 6) is 0. The normalized spacial score (nSPS) is 3.86. The van der Waals surface area contributed by atoms with E-state index in [1.807, 2.05) is 0 Å². The van der Waals surface area contributed by atoms with Gasteiger partial charge in [0.25, 0.3) is 0 Å². The van der Waals surface area contributed by atoms with Crippen molar-refractivity contribution in [2.45, 2.75) is 0 Å². The molecule has 0 aliphatic rings. The van der Waals surface area contributed by atoms with Crippen molar-refractivity contribution in [1.29, 1.82) is 0 Å². The summed E-state index contributed by atoms with van der Waals surface area (Å²) >= 11 is 0. The minimum atomic E-state index is -2.17. The van der Waals surface area contributed by atoms with Gasteiger partial charge < -0.3 is 19.4 Å². The van der Waals surface area contributed by atoms with E-state index in [1.54, 1.807) is 0 Å². The molecule has 0 radical (unpaired) electrons. The van der Waals surface area contributed by atoms with Crippen LogP contribution in [0.15, 0.2) is 0 Å². The molecule has 0 atom stereocenters. The topological polar surface area (TPSA) is 60.7 Å². The van der Waals surface area contributed by atoms with E-state index in [-0.39, 0.29) is 109 Å². The summed E-state index contributed by atoms with van der Waals surface area (Å²) in [5, 5.41) is 21.5. The van der Waals surface area contributed by atoms with Gasteiger partial charge in [0.05, 0.1) is 0 Å². The largest absolute Gasteiger partial charge is 2.00 e. The van der Waals surface area contributed by atoms with E-state index in [9.17, 15) is 0 Å². The van der Waals surface area contributed by atoms with Crippen LogP contribution in [0.1, 0.15) is 4.28 Å². The molecule has 3 nitrogen and oxygen atoms in total. The van der Waals surface area contributed by atoms with Gasteiger partial charge in [-0.2, -0.15) is 0 Å². The summed E-state index contributed by atoms with van der Waals surface area (Å²) < 4.78 is 0. The van der Waals surface area contributed by atoms with Crippen LogP contribution in [-0.2, 0) is 0 Å². The Morgan fingerprint density at radius 3 is 1.14 bits per heavy atom. The smallest absolute Gasteiger partial charge is 1.00 e. The quantitative estimate of drug-likeness (QED) is 0.393. The molecule has 34 valence electrons. The van der Waals surface area contributed by atoms with Gasteiger partial charge in [-0.25, -0.2) is 0 Å². The Morgan fingerprint density at radius 2 is 1.14 bits per heavy atom. The van der Waals surface area contributed by atoms with Crippen LogP contribution in [0.4, 0.5) is 0 Å². The van der Waals surface area contributed by atoms with E-state index in [0.717, 1.165) is 0 Å². The van der Waals surface area contributed by atoms with E-state index in [4.69, 9.17) is 15.1 Å². The fourth-order valence-corrected chi connectivity index (χ4v) is 0. The Kier molecular flexibility index (Phi) is 51.9. The molecule has 0 unspecified atom stereocenters. The molecule has 0 aliphatic heterocycles. The van der Waals surface area contributed by atoms with Crippen LogP contribution < -0.4 is 18.9 Å². The maximum absolute atomic E-state index is 7.17. The predicted molar refractivity (Wildman–Crippen MR) is 21.5 cm³/mol. The maximum atomic E-state index is 7.17. The number of hydrogen-bond donors (Lipinski definition) is 3. The average molecular weight is 304 g/mol. The zero-order valence-electron chi connectivity index (χ0n) is 7.13. The Bertz CT molecular complexity index is 28.5. The first kappa shape index (κ1) is 22.4. The van der Waals surface area contributed by atoms with Crippen molar-refractivity contribution in [3.8, 4) is 0 Å². The van der Waals surface area contributed by atoms with Gasteiger partial charge in [-0.15, -0.1) is 0 Å². The third-order valence-corrected chi connectivity index (χ3v) is 0. The Morgan fingerprint density at radius 1 is 1.14 bits per heavy atom. The molecule has 0 fully saturated rings. The van der Waals surface area contributed by atoms with Gasteiger partial charge in [0.15, 0.2) is 0 Å². The summed E-state index contributed by atoms with van der Waals surface area (Å²) in [4.78, 5) is 0. The number of hydrogen-bond acceptors (Lipinski definition) is 3. The standard InChI is InChI=1S/BH3O3.Li.Nd.Sr.3H/c2-1(3)4;;;;;;/h2-4H;;;;;;/q;+1;;+2;3*-1. The molecule has 7 heavy (non-hydrogen) atoms. The third kappa shape index (κ3) is 44.8. The molecule has 3 N–H and O–H groups in total.